The molecule has 1 atom stereocenters. The van der Waals surface area contributed by atoms with Gasteiger partial charge in [0.05, 0.1) is 12.8 Å². The van der Waals surface area contributed by atoms with Crippen LogP contribution in [0.15, 0.2) is 0 Å². The third kappa shape index (κ3) is 3.11. The van der Waals surface area contributed by atoms with Crippen molar-refractivity contribution in [1.29, 1.82) is 0 Å². The van der Waals surface area contributed by atoms with Crippen molar-refractivity contribution in [2.45, 2.75) is 12.5 Å². The van der Waals surface area contributed by atoms with E-state index in [1.54, 1.807) is 0 Å². The molecule has 2 heterocycles. The van der Waals surface area contributed by atoms with E-state index in [1.165, 1.54) is 25.5 Å². The first-order chi connectivity index (χ1) is 9.97. The molecule has 4 N–H and O–H groups in total. The number of likely N-dealkylation sites (tertiary alicyclic amines) is 1. The van der Waals surface area contributed by atoms with Gasteiger partial charge in [-0.15, -0.1) is 11.3 Å². The maximum absolute atomic E-state index is 11.9. The van der Waals surface area contributed by atoms with Gasteiger partial charge in [0.25, 0.3) is 5.91 Å². The third-order valence-electron chi connectivity index (χ3n) is 3.49. The van der Waals surface area contributed by atoms with Gasteiger partial charge in [-0.1, -0.05) is 0 Å². The van der Waals surface area contributed by atoms with E-state index < -0.39 is 5.97 Å². The Morgan fingerprint density at radius 2 is 2.19 bits per heavy atom. The number of amides is 1. The van der Waals surface area contributed by atoms with Crippen molar-refractivity contribution in [2.24, 2.45) is 0 Å². The summed E-state index contributed by atoms with van der Waals surface area (Å²) in [7, 11) is 4.87. The standard InChI is InChI=1S/C13H20N4O3S/c1-15-11(18)10-9(14)8(13(19)20-3)12(21-10)16-7-4-5-17(2)6-7/h7,16H,4-6,14H2,1-3H3,(H,15,18). The highest BCUT2D eigenvalue weighted by Crippen LogP contribution is 2.37. The lowest BCUT2D eigenvalue weighted by Gasteiger charge is -2.13. The number of rotatable bonds is 4. The van der Waals surface area contributed by atoms with E-state index in [0.717, 1.165) is 19.5 Å². The Labute approximate surface area is 127 Å². The van der Waals surface area contributed by atoms with E-state index >= 15 is 0 Å². The van der Waals surface area contributed by atoms with Gasteiger partial charge < -0.3 is 26.0 Å². The van der Waals surface area contributed by atoms with Crippen LogP contribution in [0.5, 0.6) is 0 Å². The van der Waals surface area contributed by atoms with E-state index in [9.17, 15) is 9.59 Å². The van der Waals surface area contributed by atoms with Crippen LogP contribution in [-0.2, 0) is 4.74 Å². The maximum atomic E-state index is 11.9. The van der Waals surface area contributed by atoms with Crippen LogP contribution in [0.3, 0.4) is 0 Å². The number of esters is 1. The lowest BCUT2D eigenvalue weighted by atomic mass is 10.2. The van der Waals surface area contributed by atoms with Crippen LogP contribution < -0.4 is 16.4 Å². The molecule has 7 nitrogen and oxygen atoms in total. The molecule has 2 rings (SSSR count). The second-order valence-corrected chi connectivity index (χ2v) is 6.03. The summed E-state index contributed by atoms with van der Waals surface area (Å²) in [5.41, 5.74) is 6.37. The molecule has 0 spiro atoms. The van der Waals surface area contributed by atoms with Gasteiger partial charge in [-0.05, 0) is 20.0 Å². The second kappa shape index (κ2) is 6.31. The molecule has 1 aromatic heterocycles. The number of nitrogens with one attached hydrogen (secondary N) is 2. The van der Waals surface area contributed by atoms with E-state index in [2.05, 4.69) is 15.5 Å². The number of nitrogens with zero attached hydrogens (tertiary/aromatic N) is 1. The normalized spacial score (nSPS) is 18.5. The number of carbonyl (C=O) groups is 2. The first-order valence-electron chi connectivity index (χ1n) is 6.65. The van der Waals surface area contributed by atoms with Crippen LogP contribution in [0.1, 0.15) is 26.5 Å². The van der Waals surface area contributed by atoms with Crippen molar-refractivity contribution in [2.75, 3.05) is 45.3 Å². The minimum absolute atomic E-state index is 0.167. The fourth-order valence-corrected chi connectivity index (χ4v) is 3.50. The van der Waals surface area contributed by atoms with Crippen molar-refractivity contribution in [3.8, 4) is 0 Å². The number of methoxy groups -OCH3 is 1. The van der Waals surface area contributed by atoms with Crippen molar-refractivity contribution in [1.82, 2.24) is 10.2 Å². The van der Waals surface area contributed by atoms with Crippen molar-refractivity contribution in [3.63, 3.8) is 0 Å². The molecule has 1 amide bonds. The van der Waals surface area contributed by atoms with Crippen LogP contribution in [-0.4, -0.2) is 57.1 Å². The van der Waals surface area contributed by atoms with Gasteiger partial charge in [-0.3, -0.25) is 4.79 Å². The number of hydrogen-bond donors (Lipinski definition) is 3. The van der Waals surface area contributed by atoms with Gasteiger partial charge in [-0.2, -0.15) is 0 Å². The molecule has 0 bridgehead atoms. The molecule has 116 valence electrons. The Bertz CT molecular complexity index is 558. The predicted octanol–water partition coefficient (Wildman–Crippen LogP) is 0.593. The second-order valence-electron chi connectivity index (χ2n) is 5.01. The smallest absolute Gasteiger partial charge is 0.343 e. The van der Waals surface area contributed by atoms with E-state index in [1.807, 2.05) is 7.05 Å². The molecule has 0 aromatic carbocycles. The summed E-state index contributed by atoms with van der Waals surface area (Å²) in [6, 6.07) is 0.231. The Morgan fingerprint density at radius 3 is 2.71 bits per heavy atom. The summed E-state index contributed by atoms with van der Waals surface area (Å²) < 4.78 is 4.78. The van der Waals surface area contributed by atoms with Crippen LogP contribution >= 0.6 is 11.3 Å². The highest BCUT2D eigenvalue weighted by atomic mass is 32.1. The summed E-state index contributed by atoms with van der Waals surface area (Å²) in [6.45, 7) is 1.88. The molecule has 0 saturated carbocycles. The van der Waals surface area contributed by atoms with Crippen molar-refractivity contribution in [3.05, 3.63) is 10.4 Å². The molecular formula is C13H20N4O3S. The van der Waals surface area contributed by atoms with Crippen LogP contribution in [0.2, 0.25) is 0 Å². The van der Waals surface area contributed by atoms with E-state index in [4.69, 9.17) is 10.5 Å². The average Bonchev–Trinajstić information content (AvgIpc) is 3.01. The number of anilines is 2. The fourth-order valence-electron chi connectivity index (χ4n) is 2.37. The van der Waals surface area contributed by atoms with Crippen molar-refractivity contribution < 1.29 is 14.3 Å². The zero-order chi connectivity index (χ0) is 15.6. The number of carbonyl (C=O) groups excluding carboxylic acids is 2. The summed E-state index contributed by atoms with van der Waals surface area (Å²) in [4.78, 5) is 26.3. The summed E-state index contributed by atoms with van der Waals surface area (Å²) in [5, 5.41) is 6.43. The Balaban J connectivity index is 2.33. The lowest BCUT2D eigenvalue weighted by molar-refractivity contribution is 0.0603. The monoisotopic (exact) mass is 312 g/mol. The molecule has 21 heavy (non-hydrogen) atoms. The fraction of sp³-hybridized carbons (Fsp3) is 0.538. The van der Waals surface area contributed by atoms with E-state index in [0.29, 0.717) is 9.88 Å². The van der Waals surface area contributed by atoms with Gasteiger partial charge in [0, 0.05) is 19.6 Å². The molecule has 1 aliphatic heterocycles. The third-order valence-corrected chi connectivity index (χ3v) is 4.63. The van der Waals surface area contributed by atoms with Gasteiger partial charge in [0.1, 0.15) is 15.4 Å². The van der Waals surface area contributed by atoms with Gasteiger partial charge in [0.2, 0.25) is 0 Å². The topological polar surface area (TPSA) is 96.7 Å². The molecule has 0 radical (unpaired) electrons. The molecule has 8 heteroatoms. The molecule has 1 unspecified atom stereocenters. The van der Waals surface area contributed by atoms with Gasteiger partial charge in [0.15, 0.2) is 0 Å². The number of nitrogens with two attached hydrogens (primary N) is 1. The quantitative estimate of drug-likeness (QED) is 0.704. The molecule has 1 aromatic rings. The van der Waals surface area contributed by atoms with Crippen LogP contribution in [0, 0.1) is 0 Å². The first kappa shape index (κ1) is 15.6. The molecule has 1 aliphatic rings. The zero-order valence-corrected chi connectivity index (χ0v) is 13.2. The highest BCUT2D eigenvalue weighted by Gasteiger charge is 2.28. The average molecular weight is 312 g/mol. The number of hydrogen-bond acceptors (Lipinski definition) is 7. The lowest BCUT2D eigenvalue weighted by Crippen LogP contribution is -2.24. The molecule has 0 aliphatic carbocycles. The zero-order valence-electron chi connectivity index (χ0n) is 12.4. The highest BCUT2D eigenvalue weighted by molar-refractivity contribution is 7.19. The summed E-state index contributed by atoms with van der Waals surface area (Å²) in [6.07, 6.45) is 0.976. The number of likely N-dealkylation sites (N-methyl/N-ethyl adjacent to an activating group) is 1. The van der Waals surface area contributed by atoms with Gasteiger partial charge in [-0.25, -0.2) is 4.79 Å². The predicted molar refractivity (Wildman–Crippen MR) is 83.0 cm³/mol. The SMILES string of the molecule is CNC(=O)c1sc(NC2CCN(C)C2)c(C(=O)OC)c1N. The maximum Gasteiger partial charge on any atom is 0.343 e. The van der Waals surface area contributed by atoms with Gasteiger partial charge >= 0.3 is 5.97 Å². The minimum atomic E-state index is -0.534. The Morgan fingerprint density at radius 1 is 1.48 bits per heavy atom. The van der Waals surface area contributed by atoms with E-state index in [-0.39, 0.29) is 23.2 Å². The van der Waals surface area contributed by atoms with Crippen LogP contribution in [0.25, 0.3) is 0 Å². The summed E-state index contributed by atoms with van der Waals surface area (Å²) in [5.74, 6) is -0.841. The number of thiophene rings is 1. The number of ether oxygens (including phenoxy) is 1. The Hall–Kier alpha value is -1.80. The number of nitrogen functional groups attached to an aromatic ring is 1. The van der Waals surface area contributed by atoms with Crippen molar-refractivity contribution >= 4 is 33.9 Å². The molecule has 1 fully saturated rings. The molecule has 1 saturated heterocycles. The van der Waals surface area contributed by atoms with Crippen LogP contribution in [0.4, 0.5) is 10.7 Å². The Kier molecular flexibility index (Phi) is 4.69. The summed E-state index contributed by atoms with van der Waals surface area (Å²) >= 11 is 1.18. The first-order valence-corrected chi connectivity index (χ1v) is 7.47. The minimum Gasteiger partial charge on any atom is -0.465 e. The molecular weight excluding hydrogens is 292 g/mol. The largest absolute Gasteiger partial charge is 0.465 e.